The van der Waals surface area contributed by atoms with Gasteiger partial charge >= 0.3 is 0 Å². The van der Waals surface area contributed by atoms with Crippen molar-refractivity contribution in [2.24, 2.45) is 5.73 Å². The van der Waals surface area contributed by atoms with Crippen molar-refractivity contribution >= 4 is 23.1 Å². The topological polar surface area (TPSA) is 26.0 Å². The van der Waals surface area contributed by atoms with E-state index in [-0.39, 0.29) is 17.1 Å². The van der Waals surface area contributed by atoms with Crippen LogP contribution in [0.4, 0.5) is 4.39 Å². The number of halogens is 1. The summed E-state index contributed by atoms with van der Waals surface area (Å²) in [4.78, 5) is 3.64. The molecule has 0 amide bonds. The Bertz CT molecular complexity index is 521. The number of hydrogen-bond acceptors (Lipinski definition) is 3. The lowest BCUT2D eigenvalue weighted by molar-refractivity contribution is 0.626. The van der Waals surface area contributed by atoms with Crippen LogP contribution >= 0.6 is 23.1 Å². The van der Waals surface area contributed by atoms with Crippen molar-refractivity contribution in [3.8, 4) is 0 Å². The van der Waals surface area contributed by atoms with Gasteiger partial charge in [-0.3, -0.25) is 0 Å². The summed E-state index contributed by atoms with van der Waals surface area (Å²) in [6, 6.07) is 11.0. The van der Waals surface area contributed by atoms with Gasteiger partial charge in [-0.15, -0.1) is 23.1 Å². The van der Waals surface area contributed by atoms with Gasteiger partial charge in [0, 0.05) is 20.7 Å². The highest BCUT2D eigenvalue weighted by molar-refractivity contribution is 7.99. The minimum Gasteiger partial charge on any atom is -0.326 e. The summed E-state index contributed by atoms with van der Waals surface area (Å²) < 4.78 is 12.9. The van der Waals surface area contributed by atoms with Gasteiger partial charge in [-0.05, 0) is 49.7 Å². The predicted molar refractivity (Wildman–Crippen MR) is 82.3 cm³/mol. The molecule has 0 radical (unpaired) electrons. The van der Waals surface area contributed by atoms with Gasteiger partial charge in [0.25, 0.3) is 0 Å². The molecule has 0 saturated carbocycles. The molecule has 1 nitrogen and oxygen atoms in total. The molecule has 102 valence electrons. The minimum atomic E-state index is -0.201. The molecule has 1 aromatic carbocycles. The van der Waals surface area contributed by atoms with E-state index >= 15 is 0 Å². The summed E-state index contributed by atoms with van der Waals surface area (Å²) in [5.74, 6) is -0.201. The van der Waals surface area contributed by atoms with E-state index in [4.69, 9.17) is 5.73 Å². The summed E-state index contributed by atoms with van der Waals surface area (Å²) in [7, 11) is 0. The summed E-state index contributed by atoms with van der Waals surface area (Å²) in [5, 5.41) is 0.231. The monoisotopic (exact) mass is 295 g/mol. The fourth-order valence-corrected chi connectivity index (χ4v) is 4.21. The van der Waals surface area contributed by atoms with E-state index < -0.39 is 0 Å². The Labute approximate surface area is 122 Å². The third-order valence-electron chi connectivity index (χ3n) is 2.98. The minimum absolute atomic E-state index is 0.105. The van der Waals surface area contributed by atoms with Crippen LogP contribution in [0.25, 0.3) is 0 Å². The summed E-state index contributed by atoms with van der Waals surface area (Å²) in [6.07, 6.45) is 0.926. The van der Waals surface area contributed by atoms with E-state index in [1.807, 2.05) is 12.1 Å². The molecule has 0 saturated heterocycles. The zero-order valence-corrected chi connectivity index (χ0v) is 12.7. The average Bonchev–Trinajstić information content (AvgIpc) is 2.83. The van der Waals surface area contributed by atoms with Crippen LogP contribution in [0.2, 0.25) is 0 Å². The lowest BCUT2D eigenvalue weighted by Crippen LogP contribution is -2.25. The molecule has 2 unspecified atom stereocenters. The van der Waals surface area contributed by atoms with Crippen LogP contribution in [0.15, 0.2) is 41.3 Å². The molecule has 0 aliphatic rings. The Morgan fingerprint density at radius 3 is 2.42 bits per heavy atom. The van der Waals surface area contributed by atoms with Crippen LogP contribution in [0.5, 0.6) is 0 Å². The van der Waals surface area contributed by atoms with Crippen LogP contribution < -0.4 is 5.73 Å². The Hall–Kier alpha value is -0.840. The van der Waals surface area contributed by atoms with Gasteiger partial charge in [0.05, 0.1) is 5.25 Å². The predicted octanol–water partition coefficient (Wildman–Crippen LogP) is 4.77. The van der Waals surface area contributed by atoms with Gasteiger partial charge in [0.2, 0.25) is 0 Å². The second kappa shape index (κ2) is 6.55. The molecule has 4 heteroatoms. The van der Waals surface area contributed by atoms with Crippen molar-refractivity contribution in [1.29, 1.82) is 0 Å². The highest BCUT2D eigenvalue weighted by Crippen LogP contribution is 2.40. The van der Waals surface area contributed by atoms with Crippen molar-refractivity contribution in [3.05, 3.63) is 52.0 Å². The molecule has 0 fully saturated rings. The van der Waals surface area contributed by atoms with Crippen molar-refractivity contribution in [3.63, 3.8) is 0 Å². The maximum atomic E-state index is 12.9. The van der Waals surface area contributed by atoms with E-state index in [1.165, 1.54) is 21.9 Å². The Kier molecular flexibility index (Phi) is 5.02. The van der Waals surface area contributed by atoms with Gasteiger partial charge in [-0.25, -0.2) is 4.39 Å². The van der Waals surface area contributed by atoms with Crippen LogP contribution in [0.3, 0.4) is 0 Å². The van der Waals surface area contributed by atoms with Crippen molar-refractivity contribution in [2.45, 2.75) is 36.5 Å². The number of thioether (sulfide) groups is 1. The number of thiophene rings is 1. The van der Waals surface area contributed by atoms with Crippen LogP contribution in [-0.4, -0.2) is 6.04 Å². The molecule has 0 bridgehead atoms. The van der Waals surface area contributed by atoms with Crippen molar-refractivity contribution in [2.75, 3.05) is 0 Å². The van der Waals surface area contributed by atoms with Gasteiger partial charge in [0.15, 0.2) is 0 Å². The normalized spacial score (nSPS) is 14.3. The molecule has 2 rings (SSSR count). The highest BCUT2D eigenvalue weighted by Gasteiger charge is 2.21. The highest BCUT2D eigenvalue weighted by atomic mass is 32.2. The zero-order valence-electron chi connectivity index (χ0n) is 11.1. The van der Waals surface area contributed by atoms with Crippen molar-refractivity contribution < 1.29 is 4.39 Å². The fourth-order valence-electron chi connectivity index (χ4n) is 1.84. The van der Waals surface area contributed by atoms with E-state index in [1.54, 1.807) is 23.1 Å². The van der Waals surface area contributed by atoms with Crippen LogP contribution in [0.1, 0.15) is 28.3 Å². The quantitative estimate of drug-likeness (QED) is 0.804. The van der Waals surface area contributed by atoms with Gasteiger partial charge < -0.3 is 5.73 Å². The van der Waals surface area contributed by atoms with Gasteiger partial charge in [0.1, 0.15) is 5.82 Å². The van der Waals surface area contributed by atoms with E-state index in [9.17, 15) is 4.39 Å². The summed E-state index contributed by atoms with van der Waals surface area (Å²) in [5.41, 5.74) is 6.25. The molecule has 19 heavy (non-hydrogen) atoms. The second-order valence-corrected chi connectivity index (χ2v) is 7.05. The Balaban J connectivity index is 2.21. The summed E-state index contributed by atoms with van der Waals surface area (Å²) >= 11 is 3.50. The molecule has 2 atom stereocenters. The molecular formula is C15H18FNS2. The molecule has 0 spiro atoms. The lowest BCUT2D eigenvalue weighted by Gasteiger charge is -2.21. The first-order valence-corrected chi connectivity index (χ1v) is 8.04. The molecule has 1 heterocycles. The molecule has 0 aliphatic heterocycles. The lowest BCUT2D eigenvalue weighted by atomic mass is 10.1. The van der Waals surface area contributed by atoms with E-state index in [2.05, 4.69) is 26.0 Å². The maximum absolute atomic E-state index is 12.9. The molecule has 2 aromatic rings. The van der Waals surface area contributed by atoms with Crippen LogP contribution in [0, 0.1) is 12.7 Å². The molecular weight excluding hydrogens is 277 g/mol. The average molecular weight is 295 g/mol. The van der Waals surface area contributed by atoms with Gasteiger partial charge in [-0.1, -0.05) is 6.92 Å². The van der Waals surface area contributed by atoms with E-state index in [0.29, 0.717) is 0 Å². The number of aryl methyl sites for hydroxylation is 1. The maximum Gasteiger partial charge on any atom is 0.123 e. The second-order valence-electron chi connectivity index (χ2n) is 4.51. The molecule has 2 N–H and O–H groups in total. The Morgan fingerprint density at radius 1 is 1.21 bits per heavy atom. The number of benzene rings is 1. The summed E-state index contributed by atoms with van der Waals surface area (Å²) in [6.45, 7) is 4.20. The zero-order chi connectivity index (χ0) is 13.8. The number of rotatable bonds is 5. The first kappa shape index (κ1) is 14.6. The molecule has 0 aliphatic carbocycles. The van der Waals surface area contributed by atoms with Crippen LogP contribution in [-0.2, 0) is 0 Å². The first-order valence-electron chi connectivity index (χ1n) is 6.34. The van der Waals surface area contributed by atoms with Gasteiger partial charge in [-0.2, -0.15) is 0 Å². The first-order chi connectivity index (χ1) is 9.10. The number of hydrogen-bond donors (Lipinski definition) is 1. The van der Waals surface area contributed by atoms with Crippen molar-refractivity contribution in [1.82, 2.24) is 0 Å². The Morgan fingerprint density at radius 2 is 1.89 bits per heavy atom. The molecule has 1 aromatic heterocycles. The third-order valence-corrected chi connectivity index (χ3v) is 5.61. The number of nitrogens with two attached hydrogens (primary N) is 1. The third kappa shape index (κ3) is 3.81. The van der Waals surface area contributed by atoms with E-state index in [0.717, 1.165) is 11.3 Å². The largest absolute Gasteiger partial charge is 0.326 e. The fraction of sp³-hybridized carbons (Fsp3) is 0.333. The SMILES string of the molecule is CCC(N)C(Sc1ccc(F)cc1)c1ccc(C)s1. The smallest absolute Gasteiger partial charge is 0.123 e. The standard InChI is InChI=1S/C15H18FNS2/c1-3-13(17)15(14-9-4-10(2)18-14)19-12-7-5-11(16)6-8-12/h4-9,13,15H,3,17H2,1-2H3.